The molecule has 0 aliphatic carbocycles. The van der Waals surface area contributed by atoms with Crippen LogP contribution in [0.5, 0.6) is 0 Å². The van der Waals surface area contributed by atoms with Crippen LogP contribution in [0.2, 0.25) is 5.02 Å². The molecule has 0 saturated heterocycles. The Hall–Kier alpha value is -3.28. The molecule has 1 atom stereocenters. The third-order valence-corrected chi connectivity index (χ3v) is 8.72. The summed E-state index contributed by atoms with van der Waals surface area (Å²) in [6.07, 6.45) is 0. The molecule has 1 aliphatic rings. The van der Waals surface area contributed by atoms with E-state index in [-0.39, 0.29) is 11.5 Å². The summed E-state index contributed by atoms with van der Waals surface area (Å²) in [6, 6.07) is 13.7. The molecular formula is C23H20ClFN6O2S2. The molecule has 2 aromatic heterocycles. The van der Waals surface area contributed by atoms with E-state index in [1.165, 1.54) is 30.5 Å². The van der Waals surface area contributed by atoms with Gasteiger partial charge in [0.1, 0.15) is 17.1 Å². The number of benzene rings is 2. The molecule has 1 unspecified atom stereocenters. The number of anilines is 2. The molecule has 0 bridgehead atoms. The molecule has 180 valence electrons. The Morgan fingerprint density at radius 1 is 1.14 bits per heavy atom. The molecule has 12 heteroatoms. The zero-order valence-electron chi connectivity index (χ0n) is 18.7. The Labute approximate surface area is 210 Å². The van der Waals surface area contributed by atoms with Crippen LogP contribution in [-0.2, 0) is 15.6 Å². The molecular weight excluding hydrogens is 511 g/mol. The van der Waals surface area contributed by atoms with E-state index < -0.39 is 27.1 Å². The predicted octanol–water partition coefficient (Wildman–Crippen LogP) is 4.70. The van der Waals surface area contributed by atoms with Crippen LogP contribution in [0.3, 0.4) is 0 Å². The normalized spacial score (nSPS) is 19.5. The first-order valence-corrected chi connectivity index (χ1v) is 13.3. The number of aromatic nitrogens is 2. The number of hydrogen-bond donors (Lipinski definition) is 2. The maximum Gasteiger partial charge on any atom is 0.239 e. The number of nitrogens with zero attached hydrogens (tertiary/aromatic N) is 4. The van der Waals surface area contributed by atoms with E-state index in [2.05, 4.69) is 20.3 Å². The number of thiazole rings is 1. The Kier molecular flexibility index (Phi) is 5.65. The summed E-state index contributed by atoms with van der Waals surface area (Å²) in [5.41, 5.74) is 7.29. The molecule has 0 fully saturated rings. The first-order chi connectivity index (χ1) is 16.5. The van der Waals surface area contributed by atoms with Gasteiger partial charge in [-0.15, -0.1) is 11.3 Å². The lowest BCUT2D eigenvalue weighted by atomic mass is 9.93. The molecule has 0 radical (unpaired) electrons. The van der Waals surface area contributed by atoms with Crippen LogP contribution in [-0.4, -0.2) is 41.5 Å². The lowest BCUT2D eigenvalue weighted by Gasteiger charge is -2.34. The standard InChI is InChI=1S/C23H20ClFN6O2S2/c1-23(12-35(32,33)31(2)21(26)30-23)16-10-15(5-6-17(16)25)27-22-29-20(11-34-22)19-7-3-13-9-14(24)4-8-18(13)28-19/h3-11H,12H2,1-2H3,(H2,26,30)(H,27,29). The van der Waals surface area contributed by atoms with E-state index in [1.807, 2.05) is 29.6 Å². The smallest absolute Gasteiger partial charge is 0.239 e. The molecule has 8 nitrogen and oxygen atoms in total. The van der Waals surface area contributed by atoms with Crippen LogP contribution in [0.4, 0.5) is 15.2 Å². The number of nitrogens with one attached hydrogen (secondary N) is 1. The third-order valence-electron chi connectivity index (χ3n) is 5.78. The highest BCUT2D eigenvalue weighted by Crippen LogP contribution is 2.36. The van der Waals surface area contributed by atoms with Gasteiger partial charge in [-0.3, -0.25) is 0 Å². The average molecular weight is 531 g/mol. The Balaban J connectivity index is 1.44. The van der Waals surface area contributed by atoms with Crippen molar-refractivity contribution >= 4 is 60.6 Å². The second kappa shape index (κ2) is 8.43. The Bertz CT molecular complexity index is 1610. The van der Waals surface area contributed by atoms with Crippen LogP contribution in [0.25, 0.3) is 22.3 Å². The maximum atomic E-state index is 14.8. The lowest BCUT2D eigenvalue weighted by molar-refractivity contribution is 0.458. The molecule has 0 saturated carbocycles. The SMILES string of the molecule is CN1C(N)=NC(C)(c2cc(Nc3nc(-c4ccc5cc(Cl)ccc5n4)cs3)ccc2F)CS1(=O)=O. The van der Waals surface area contributed by atoms with E-state index in [0.29, 0.717) is 27.2 Å². The van der Waals surface area contributed by atoms with Gasteiger partial charge in [-0.05, 0) is 49.4 Å². The molecule has 0 amide bonds. The van der Waals surface area contributed by atoms with Gasteiger partial charge in [-0.2, -0.15) is 0 Å². The van der Waals surface area contributed by atoms with E-state index in [1.54, 1.807) is 19.1 Å². The van der Waals surface area contributed by atoms with Crippen molar-refractivity contribution in [1.29, 1.82) is 0 Å². The summed E-state index contributed by atoms with van der Waals surface area (Å²) in [4.78, 5) is 13.5. The van der Waals surface area contributed by atoms with Gasteiger partial charge in [0, 0.05) is 34.1 Å². The van der Waals surface area contributed by atoms with Crippen molar-refractivity contribution in [2.75, 3.05) is 18.1 Å². The number of nitrogens with two attached hydrogens (primary N) is 1. The van der Waals surface area contributed by atoms with E-state index in [0.717, 1.165) is 15.2 Å². The second-order valence-electron chi connectivity index (χ2n) is 8.36. The van der Waals surface area contributed by atoms with E-state index >= 15 is 0 Å². The fourth-order valence-electron chi connectivity index (χ4n) is 3.92. The van der Waals surface area contributed by atoms with Crippen LogP contribution in [0.15, 0.2) is 58.9 Å². The molecule has 1 aliphatic heterocycles. The molecule has 4 aromatic rings. The topological polar surface area (TPSA) is 114 Å². The summed E-state index contributed by atoms with van der Waals surface area (Å²) in [6.45, 7) is 1.55. The first kappa shape index (κ1) is 23.5. The van der Waals surface area contributed by atoms with Gasteiger partial charge in [-0.25, -0.2) is 32.1 Å². The number of guanidine groups is 1. The van der Waals surface area contributed by atoms with Crippen LogP contribution >= 0.6 is 22.9 Å². The number of aliphatic imine (C=N–C) groups is 1. The van der Waals surface area contributed by atoms with E-state index in [4.69, 9.17) is 17.3 Å². The molecule has 0 spiro atoms. The van der Waals surface area contributed by atoms with Gasteiger partial charge in [0.2, 0.25) is 16.0 Å². The first-order valence-electron chi connectivity index (χ1n) is 10.5. The quantitative estimate of drug-likeness (QED) is 0.395. The molecule has 3 N–H and O–H groups in total. The minimum absolute atomic E-state index is 0.119. The summed E-state index contributed by atoms with van der Waals surface area (Å²) < 4.78 is 40.7. The number of pyridine rings is 1. The van der Waals surface area contributed by atoms with Crippen LogP contribution < -0.4 is 11.1 Å². The molecule has 35 heavy (non-hydrogen) atoms. The second-order valence-corrected chi connectivity index (χ2v) is 11.7. The highest BCUT2D eigenvalue weighted by atomic mass is 35.5. The van der Waals surface area contributed by atoms with Gasteiger partial charge in [-0.1, -0.05) is 17.7 Å². The Morgan fingerprint density at radius 2 is 1.94 bits per heavy atom. The summed E-state index contributed by atoms with van der Waals surface area (Å²) in [7, 11) is -2.41. The molecule has 3 heterocycles. The zero-order valence-corrected chi connectivity index (χ0v) is 21.0. The van der Waals surface area contributed by atoms with Gasteiger partial charge < -0.3 is 11.1 Å². The van der Waals surface area contributed by atoms with Gasteiger partial charge in [0.15, 0.2) is 5.13 Å². The summed E-state index contributed by atoms with van der Waals surface area (Å²) in [5, 5.41) is 7.17. The van der Waals surface area contributed by atoms with Crippen LogP contribution in [0, 0.1) is 5.82 Å². The minimum Gasteiger partial charge on any atom is -0.369 e. The largest absolute Gasteiger partial charge is 0.369 e. The zero-order chi connectivity index (χ0) is 25.0. The third kappa shape index (κ3) is 4.42. The fraction of sp³-hybridized carbons (Fsp3) is 0.174. The lowest BCUT2D eigenvalue weighted by Crippen LogP contribution is -2.50. The Morgan fingerprint density at radius 3 is 2.71 bits per heavy atom. The van der Waals surface area contributed by atoms with E-state index in [9.17, 15) is 12.8 Å². The monoisotopic (exact) mass is 530 g/mol. The summed E-state index contributed by atoms with van der Waals surface area (Å²) >= 11 is 7.41. The van der Waals surface area contributed by atoms with Crippen molar-refractivity contribution < 1.29 is 12.8 Å². The van der Waals surface area contributed by atoms with Crippen molar-refractivity contribution in [1.82, 2.24) is 14.3 Å². The molecule has 5 rings (SSSR count). The number of rotatable bonds is 4. The van der Waals surface area contributed by atoms with Crippen LogP contribution in [0.1, 0.15) is 12.5 Å². The van der Waals surface area contributed by atoms with Gasteiger partial charge in [0.05, 0.1) is 17.0 Å². The number of hydrogen-bond acceptors (Lipinski definition) is 8. The minimum atomic E-state index is -3.73. The highest BCUT2D eigenvalue weighted by Gasteiger charge is 2.41. The van der Waals surface area contributed by atoms with Crippen molar-refractivity contribution in [3.63, 3.8) is 0 Å². The average Bonchev–Trinajstić information content (AvgIpc) is 3.26. The van der Waals surface area contributed by atoms with Gasteiger partial charge in [0.25, 0.3) is 0 Å². The highest BCUT2D eigenvalue weighted by molar-refractivity contribution is 7.89. The van der Waals surface area contributed by atoms with Crippen molar-refractivity contribution in [2.24, 2.45) is 10.7 Å². The van der Waals surface area contributed by atoms with Crippen molar-refractivity contribution in [2.45, 2.75) is 12.5 Å². The predicted molar refractivity (Wildman–Crippen MR) is 138 cm³/mol. The molecule has 2 aromatic carbocycles. The number of sulfonamides is 1. The van der Waals surface area contributed by atoms with Gasteiger partial charge >= 0.3 is 0 Å². The van der Waals surface area contributed by atoms with Crippen molar-refractivity contribution in [3.8, 4) is 11.4 Å². The fourth-order valence-corrected chi connectivity index (χ4v) is 6.27. The number of halogens is 2. The van der Waals surface area contributed by atoms with Crippen molar-refractivity contribution in [3.05, 3.63) is 70.3 Å². The maximum absolute atomic E-state index is 14.8. The summed E-state index contributed by atoms with van der Waals surface area (Å²) in [5.74, 6) is -1.17. The number of fused-ring (bicyclic) bond motifs is 1.